The van der Waals surface area contributed by atoms with E-state index >= 15 is 0 Å². The lowest BCUT2D eigenvalue weighted by Crippen LogP contribution is -2.41. The predicted octanol–water partition coefficient (Wildman–Crippen LogP) is 3.10. The Labute approximate surface area is 80.2 Å². The van der Waals surface area contributed by atoms with Crippen LogP contribution in [0.15, 0.2) is 12.2 Å². The average molecular weight is 178 g/mol. The second kappa shape index (κ2) is 2.97. The maximum absolute atomic E-state index is 11.8. The fourth-order valence-corrected chi connectivity index (χ4v) is 2.90. The Morgan fingerprint density at radius 2 is 2.23 bits per heavy atom. The van der Waals surface area contributed by atoms with Crippen LogP contribution in [0.2, 0.25) is 0 Å². The Balaban J connectivity index is 2.22. The first kappa shape index (κ1) is 8.98. The number of Topliss-reactive ketones (excluding diaryl/α,β-unsaturated/α-hetero) is 1. The van der Waals surface area contributed by atoms with Crippen LogP contribution in [-0.4, -0.2) is 5.78 Å². The molecule has 2 aliphatic carbocycles. The molecule has 13 heavy (non-hydrogen) atoms. The second-order valence-electron chi connectivity index (χ2n) is 4.88. The Morgan fingerprint density at radius 3 is 3.00 bits per heavy atom. The van der Waals surface area contributed by atoms with Gasteiger partial charge in [-0.25, -0.2) is 0 Å². The molecule has 2 atom stereocenters. The van der Waals surface area contributed by atoms with E-state index in [1.807, 2.05) is 0 Å². The van der Waals surface area contributed by atoms with Crippen LogP contribution in [0.1, 0.15) is 45.4 Å². The van der Waals surface area contributed by atoms with Crippen molar-refractivity contribution in [3.05, 3.63) is 12.2 Å². The van der Waals surface area contributed by atoms with Crippen molar-refractivity contribution < 1.29 is 4.79 Å². The molecule has 0 aromatic rings. The van der Waals surface area contributed by atoms with E-state index in [2.05, 4.69) is 13.5 Å². The van der Waals surface area contributed by atoms with Crippen molar-refractivity contribution in [3.8, 4) is 0 Å². The third kappa shape index (κ3) is 1.34. The molecule has 0 aromatic carbocycles. The number of hydrogen-bond donors (Lipinski definition) is 0. The van der Waals surface area contributed by atoms with Gasteiger partial charge in [-0.05, 0) is 38.0 Å². The summed E-state index contributed by atoms with van der Waals surface area (Å²) < 4.78 is 0. The predicted molar refractivity (Wildman–Crippen MR) is 53.4 cm³/mol. The first-order chi connectivity index (χ1) is 6.13. The number of hydrogen-bond acceptors (Lipinski definition) is 1. The van der Waals surface area contributed by atoms with Gasteiger partial charge in [0.05, 0.1) is 0 Å². The van der Waals surface area contributed by atoms with Crippen LogP contribution in [0.25, 0.3) is 0 Å². The lowest BCUT2D eigenvalue weighted by molar-refractivity contribution is -0.135. The van der Waals surface area contributed by atoms with E-state index in [1.54, 1.807) is 0 Å². The van der Waals surface area contributed by atoms with Crippen molar-refractivity contribution in [1.29, 1.82) is 0 Å². The number of ketones is 1. The standard InChI is InChI=1S/C12H18O/c1-9-6-7-12(2)10(8-9)4-3-5-11(12)13/h10H,1,3-8H2,2H3/t10?,12-/m0/s1. The van der Waals surface area contributed by atoms with E-state index < -0.39 is 0 Å². The van der Waals surface area contributed by atoms with Gasteiger partial charge in [-0.2, -0.15) is 0 Å². The third-order valence-electron chi connectivity index (χ3n) is 4.03. The molecule has 0 radical (unpaired) electrons. The minimum atomic E-state index is 0.0133. The number of carbonyl (C=O) groups excluding carboxylic acids is 1. The summed E-state index contributed by atoms with van der Waals surface area (Å²) in [4.78, 5) is 11.8. The molecule has 72 valence electrons. The molecule has 0 spiro atoms. The van der Waals surface area contributed by atoms with E-state index in [4.69, 9.17) is 0 Å². The van der Waals surface area contributed by atoms with Crippen molar-refractivity contribution in [2.45, 2.75) is 45.4 Å². The first-order valence-electron chi connectivity index (χ1n) is 5.33. The Morgan fingerprint density at radius 1 is 1.46 bits per heavy atom. The molecule has 1 heteroatoms. The maximum Gasteiger partial charge on any atom is 0.139 e. The first-order valence-corrected chi connectivity index (χ1v) is 5.33. The van der Waals surface area contributed by atoms with Crippen LogP contribution in [0.3, 0.4) is 0 Å². The van der Waals surface area contributed by atoms with Crippen LogP contribution in [0.5, 0.6) is 0 Å². The van der Waals surface area contributed by atoms with E-state index in [0.29, 0.717) is 11.7 Å². The Hall–Kier alpha value is -0.590. The van der Waals surface area contributed by atoms with Crippen LogP contribution in [0.4, 0.5) is 0 Å². The summed E-state index contributed by atoms with van der Waals surface area (Å²) in [5, 5.41) is 0. The monoisotopic (exact) mass is 178 g/mol. The SMILES string of the molecule is C=C1CC[C@]2(C)C(=O)CCCC2C1. The van der Waals surface area contributed by atoms with Gasteiger partial charge in [0, 0.05) is 11.8 Å². The van der Waals surface area contributed by atoms with E-state index in [0.717, 1.165) is 32.1 Å². The zero-order valence-corrected chi connectivity index (χ0v) is 8.44. The van der Waals surface area contributed by atoms with E-state index in [1.165, 1.54) is 12.0 Å². The number of allylic oxidation sites excluding steroid dienone is 1. The Kier molecular flexibility index (Phi) is 2.05. The normalized spacial score (nSPS) is 40.2. The van der Waals surface area contributed by atoms with Crippen LogP contribution >= 0.6 is 0 Å². The summed E-state index contributed by atoms with van der Waals surface area (Å²) in [5.74, 6) is 1.12. The molecule has 2 saturated carbocycles. The van der Waals surface area contributed by atoms with Crippen LogP contribution in [-0.2, 0) is 4.79 Å². The van der Waals surface area contributed by atoms with Gasteiger partial charge in [-0.1, -0.05) is 19.1 Å². The fraction of sp³-hybridized carbons (Fsp3) is 0.750. The average Bonchev–Trinajstić information content (AvgIpc) is 2.09. The molecule has 0 N–H and O–H groups in total. The zero-order valence-electron chi connectivity index (χ0n) is 8.44. The second-order valence-corrected chi connectivity index (χ2v) is 4.88. The molecular formula is C12H18O. The van der Waals surface area contributed by atoms with Gasteiger partial charge >= 0.3 is 0 Å². The van der Waals surface area contributed by atoms with Crippen molar-refractivity contribution in [3.63, 3.8) is 0 Å². The van der Waals surface area contributed by atoms with Gasteiger partial charge in [0.15, 0.2) is 0 Å². The molecular weight excluding hydrogens is 160 g/mol. The van der Waals surface area contributed by atoms with E-state index in [-0.39, 0.29) is 5.41 Å². The van der Waals surface area contributed by atoms with Gasteiger partial charge in [0.1, 0.15) is 5.78 Å². The largest absolute Gasteiger partial charge is 0.299 e. The molecule has 0 bridgehead atoms. The summed E-state index contributed by atoms with van der Waals surface area (Å²) in [6.07, 6.45) is 6.38. The highest BCUT2D eigenvalue weighted by Crippen LogP contribution is 2.49. The molecule has 0 heterocycles. The van der Waals surface area contributed by atoms with Gasteiger partial charge in [-0.3, -0.25) is 4.79 Å². The van der Waals surface area contributed by atoms with Gasteiger partial charge < -0.3 is 0 Å². The van der Waals surface area contributed by atoms with Crippen molar-refractivity contribution in [2.75, 3.05) is 0 Å². The molecule has 1 nitrogen and oxygen atoms in total. The minimum Gasteiger partial charge on any atom is -0.299 e. The van der Waals surface area contributed by atoms with Crippen molar-refractivity contribution in [2.24, 2.45) is 11.3 Å². The minimum absolute atomic E-state index is 0.0133. The highest BCUT2D eigenvalue weighted by molar-refractivity contribution is 5.85. The number of carbonyl (C=O) groups is 1. The van der Waals surface area contributed by atoms with Crippen LogP contribution in [0, 0.1) is 11.3 Å². The summed E-state index contributed by atoms with van der Waals surface area (Å²) in [6.45, 7) is 6.22. The van der Waals surface area contributed by atoms with E-state index in [9.17, 15) is 4.79 Å². The molecule has 2 fully saturated rings. The summed E-state index contributed by atoms with van der Waals surface area (Å²) in [7, 11) is 0. The molecule has 2 aliphatic rings. The third-order valence-corrected chi connectivity index (χ3v) is 4.03. The van der Waals surface area contributed by atoms with Gasteiger partial charge in [0.2, 0.25) is 0 Å². The topological polar surface area (TPSA) is 17.1 Å². The molecule has 0 saturated heterocycles. The highest BCUT2D eigenvalue weighted by atomic mass is 16.1. The van der Waals surface area contributed by atoms with Gasteiger partial charge in [0.25, 0.3) is 0 Å². The van der Waals surface area contributed by atoms with Crippen LogP contribution < -0.4 is 0 Å². The quantitative estimate of drug-likeness (QED) is 0.521. The van der Waals surface area contributed by atoms with Crippen molar-refractivity contribution >= 4 is 5.78 Å². The summed E-state index contributed by atoms with van der Waals surface area (Å²) in [6, 6.07) is 0. The smallest absolute Gasteiger partial charge is 0.139 e. The molecule has 0 aromatic heterocycles. The molecule has 0 amide bonds. The fourth-order valence-electron chi connectivity index (χ4n) is 2.90. The molecule has 1 unspecified atom stereocenters. The maximum atomic E-state index is 11.8. The lowest BCUT2D eigenvalue weighted by atomic mass is 9.59. The van der Waals surface area contributed by atoms with Gasteiger partial charge in [-0.15, -0.1) is 0 Å². The lowest BCUT2D eigenvalue weighted by Gasteiger charge is -2.44. The summed E-state index contributed by atoms with van der Waals surface area (Å²) in [5.41, 5.74) is 1.37. The number of fused-ring (bicyclic) bond motifs is 1. The summed E-state index contributed by atoms with van der Waals surface area (Å²) >= 11 is 0. The van der Waals surface area contributed by atoms with Crippen molar-refractivity contribution in [1.82, 2.24) is 0 Å². The Bertz CT molecular complexity index is 254. The number of rotatable bonds is 0. The zero-order chi connectivity index (χ0) is 9.47. The molecule has 2 rings (SSSR count). The highest BCUT2D eigenvalue weighted by Gasteiger charge is 2.44. The molecule has 0 aliphatic heterocycles.